The number of rotatable bonds is 6. The SMILES string of the molecule is C#CCCCCNC(=O)c1sc2cccc(OC)c2c1N. The van der Waals surface area contributed by atoms with Gasteiger partial charge in [0.05, 0.1) is 18.2 Å². The number of thiophene rings is 1. The maximum atomic E-state index is 12.2. The highest BCUT2D eigenvalue weighted by molar-refractivity contribution is 7.21. The Morgan fingerprint density at radius 3 is 3.00 bits per heavy atom. The molecule has 0 bridgehead atoms. The first-order chi connectivity index (χ1) is 10.2. The molecule has 2 rings (SSSR count). The molecule has 0 aliphatic heterocycles. The van der Waals surface area contributed by atoms with Crippen molar-refractivity contribution in [1.29, 1.82) is 0 Å². The van der Waals surface area contributed by atoms with Crippen LogP contribution in [-0.2, 0) is 0 Å². The molecular weight excluding hydrogens is 284 g/mol. The highest BCUT2D eigenvalue weighted by Gasteiger charge is 2.18. The number of anilines is 1. The maximum Gasteiger partial charge on any atom is 0.263 e. The summed E-state index contributed by atoms with van der Waals surface area (Å²) in [5.74, 6) is 3.13. The van der Waals surface area contributed by atoms with Gasteiger partial charge in [-0.3, -0.25) is 4.79 Å². The molecule has 0 spiro atoms. The minimum atomic E-state index is -0.142. The van der Waals surface area contributed by atoms with Gasteiger partial charge in [0, 0.05) is 17.7 Å². The van der Waals surface area contributed by atoms with E-state index in [4.69, 9.17) is 16.9 Å². The zero-order chi connectivity index (χ0) is 15.2. The van der Waals surface area contributed by atoms with Gasteiger partial charge in [-0.1, -0.05) is 6.07 Å². The minimum absolute atomic E-state index is 0.142. The van der Waals surface area contributed by atoms with E-state index in [1.165, 1.54) is 11.3 Å². The third-order valence-corrected chi connectivity index (χ3v) is 4.34. The van der Waals surface area contributed by atoms with Crippen molar-refractivity contribution in [2.45, 2.75) is 19.3 Å². The van der Waals surface area contributed by atoms with E-state index < -0.39 is 0 Å². The zero-order valence-electron chi connectivity index (χ0n) is 11.9. The number of benzene rings is 1. The first-order valence-corrected chi connectivity index (χ1v) is 7.57. The molecule has 2 aromatic rings. The fraction of sp³-hybridized carbons (Fsp3) is 0.312. The summed E-state index contributed by atoms with van der Waals surface area (Å²) in [7, 11) is 1.59. The number of methoxy groups -OCH3 is 1. The summed E-state index contributed by atoms with van der Waals surface area (Å²) < 4.78 is 6.25. The predicted octanol–water partition coefficient (Wildman–Crippen LogP) is 3.03. The standard InChI is InChI=1S/C16H18N2O2S/c1-3-4-5-6-10-18-16(19)15-14(17)13-11(20-2)8-7-9-12(13)21-15/h1,7-9H,4-6,10,17H2,2H3,(H,18,19). The van der Waals surface area contributed by atoms with Gasteiger partial charge in [0.2, 0.25) is 0 Å². The number of nitrogen functional groups attached to an aromatic ring is 1. The zero-order valence-corrected chi connectivity index (χ0v) is 12.8. The van der Waals surface area contributed by atoms with Crippen LogP contribution in [0.3, 0.4) is 0 Å². The van der Waals surface area contributed by atoms with E-state index in [9.17, 15) is 4.79 Å². The van der Waals surface area contributed by atoms with E-state index in [1.807, 2.05) is 18.2 Å². The van der Waals surface area contributed by atoms with Crippen molar-refractivity contribution < 1.29 is 9.53 Å². The largest absolute Gasteiger partial charge is 0.496 e. The quantitative estimate of drug-likeness (QED) is 0.637. The fourth-order valence-electron chi connectivity index (χ4n) is 2.11. The predicted molar refractivity (Wildman–Crippen MR) is 87.8 cm³/mol. The molecule has 0 radical (unpaired) electrons. The average molecular weight is 302 g/mol. The second-order valence-corrected chi connectivity index (χ2v) is 5.65. The minimum Gasteiger partial charge on any atom is -0.496 e. The van der Waals surface area contributed by atoms with Crippen LogP contribution >= 0.6 is 11.3 Å². The lowest BCUT2D eigenvalue weighted by Gasteiger charge is -2.04. The summed E-state index contributed by atoms with van der Waals surface area (Å²) in [6.45, 7) is 0.603. The number of nitrogens with two attached hydrogens (primary N) is 1. The second kappa shape index (κ2) is 7.00. The monoisotopic (exact) mass is 302 g/mol. The van der Waals surface area contributed by atoms with Crippen LogP contribution in [0, 0.1) is 12.3 Å². The number of fused-ring (bicyclic) bond motifs is 1. The van der Waals surface area contributed by atoms with Crippen LogP contribution in [0.4, 0.5) is 5.69 Å². The van der Waals surface area contributed by atoms with Gasteiger partial charge in [0.1, 0.15) is 10.6 Å². The van der Waals surface area contributed by atoms with Crippen LogP contribution in [0.2, 0.25) is 0 Å². The highest BCUT2D eigenvalue weighted by Crippen LogP contribution is 2.39. The number of nitrogens with one attached hydrogen (secondary N) is 1. The molecule has 1 aromatic heterocycles. The van der Waals surface area contributed by atoms with Crippen molar-refractivity contribution in [2.75, 3.05) is 19.4 Å². The van der Waals surface area contributed by atoms with E-state index in [0.29, 0.717) is 22.9 Å². The van der Waals surface area contributed by atoms with E-state index in [1.54, 1.807) is 7.11 Å². The number of hydrogen-bond donors (Lipinski definition) is 2. The molecule has 0 saturated carbocycles. The number of carbonyl (C=O) groups excluding carboxylic acids is 1. The third-order valence-electron chi connectivity index (χ3n) is 3.17. The summed E-state index contributed by atoms with van der Waals surface area (Å²) >= 11 is 1.38. The lowest BCUT2D eigenvalue weighted by molar-refractivity contribution is 0.0958. The van der Waals surface area contributed by atoms with Crippen molar-refractivity contribution >= 4 is 33.0 Å². The van der Waals surface area contributed by atoms with Crippen molar-refractivity contribution in [2.24, 2.45) is 0 Å². The number of carbonyl (C=O) groups is 1. The molecule has 0 atom stereocenters. The van der Waals surface area contributed by atoms with Gasteiger partial charge in [-0.2, -0.15) is 0 Å². The van der Waals surface area contributed by atoms with Gasteiger partial charge in [0.25, 0.3) is 5.91 Å². The summed E-state index contributed by atoms with van der Waals surface area (Å²) in [6, 6.07) is 5.66. The lowest BCUT2D eigenvalue weighted by Crippen LogP contribution is -2.24. The highest BCUT2D eigenvalue weighted by atomic mass is 32.1. The number of terminal acetylenes is 1. The van der Waals surface area contributed by atoms with Crippen molar-refractivity contribution in [3.8, 4) is 18.1 Å². The smallest absolute Gasteiger partial charge is 0.263 e. The average Bonchev–Trinajstić information content (AvgIpc) is 2.84. The molecule has 0 unspecified atom stereocenters. The van der Waals surface area contributed by atoms with Gasteiger partial charge in [0.15, 0.2) is 0 Å². The Morgan fingerprint density at radius 2 is 2.29 bits per heavy atom. The first kappa shape index (κ1) is 15.2. The van der Waals surface area contributed by atoms with Crippen molar-refractivity contribution in [1.82, 2.24) is 5.32 Å². The van der Waals surface area contributed by atoms with E-state index in [0.717, 1.165) is 29.3 Å². The van der Waals surface area contributed by atoms with Gasteiger partial charge < -0.3 is 15.8 Å². The Morgan fingerprint density at radius 1 is 1.48 bits per heavy atom. The number of unbranched alkanes of at least 4 members (excludes halogenated alkanes) is 2. The van der Waals surface area contributed by atoms with Crippen LogP contribution in [-0.4, -0.2) is 19.6 Å². The molecule has 0 aliphatic rings. The van der Waals surface area contributed by atoms with Crippen molar-refractivity contribution in [3.63, 3.8) is 0 Å². The Kier molecular flexibility index (Phi) is 5.07. The summed E-state index contributed by atoms with van der Waals surface area (Å²) in [5.41, 5.74) is 6.59. The second-order valence-electron chi connectivity index (χ2n) is 4.60. The topological polar surface area (TPSA) is 64.3 Å². The molecule has 0 aliphatic carbocycles. The normalized spacial score (nSPS) is 10.3. The Labute approximate surface area is 128 Å². The molecule has 4 nitrogen and oxygen atoms in total. The van der Waals surface area contributed by atoms with Crippen molar-refractivity contribution in [3.05, 3.63) is 23.1 Å². The molecular formula is C16H18N2O2S. The summed E-state index contributed by atoms with van der Waals surface area (Å²) in [5, 5.41) is 3.69. The molecule has 0 saturated heterocycles. The summed E-state index contributed by atoms with van der Waals surface area (Å²) in [4.78, 5) is 12.7. The Hall–Kier alpha value is -2.19. The van der Waals surface area contributed by atoms with E-state index >= 15 is 0 Å². The fourth-order valence-corrected chi connectivity index (χ4v) is 3.17. The maximum absolute atomic E-state index is 12.2. The third kappa shape index (κ3) is 3.29. The number of ether oxygens (including phenoxy) is 1. The van der Waals surface area contributed by atoms with Crippen LogP contribution < -0.4 is 15.8 Å². The first-order valence-electron chi connectivity index (χ1n) is 6.75. The van der Waals surface area contributed by atoms with Gasteiger partial charge in [-0.15, -0.1) is 23.7 Å². The van der Waals surface area contributed by atoms with E-state index in [2.05, 4.69) is 11.2 Å². The number of amides is 1. The molecule has 5 heteroatoms. The van der Waals surface area contributed by atoms with Gasteiger partial charge in [-0.05, 0) is 25.0 Å². The molecule has 21 heavy (non-hydrogen) atoms. The Bertz CT molecular complexity index is 685. The molecule has 3 N–H and O–H groups in total. The molecule has 0 fully saturated rings. The van der Waals surface area contributed by atoms with Crippen LogP contribution in [0.15, 0.2) is 18.2 Å². The molecule has 1 amide bonds. The van der Waals surface area contributed by atoms with Crippen LogP contribution in [0.5, 0.6) is 5.75 Å². The molecule has 1 heterocycles. The van der Waals surface area contributed by atoms with Gasteiger partial charge in [-0.25, -0.2) is 0 Å². The molecule has 1 aromatic carbocycles. The lowest BCUT2D eigenvalue weighted by atomic mass is 10.2. The Balaban J connectivity index is 2.13. The van der Waals surface area contributed by atoms with Crippen LogP contribution in [0.1, 0.15) is 28.9 Å². The van der Waals surface area contributed by atoms with E-state index in [-0.39, 0.29) is 5.91 Å². The van der Waals surface area contributed by atoms with Crippen LogP contribution in [0.25, 0.3) is 10.1 Å². The molecule has 110 valence electrons. The summed E-state index contributed by atoms with van der Waals surface area (Å²) in [6.07, 6.45) is 7.70. The van der Waals surface area contributed by atoms with Gasteiger partial charge >= 0.3 is 0 Å². The number of hydrogen-bond acceptors (Lipinski definition) is 4.